The summed E-state index contributed by atoms with van der Waals surface area (Å²) in [5, 5.41) is 9.29. The largest absolute Gasteiger partial charge is 0.314 e. The molecule has 1 saturated carbocycles. The quantitative estimate of drug-likeness (QED) is 0.847. The Morgan fingerprint density at radius 2 is 2.12 bits per heavy atom. The highest BCUT2D eigenvalue weighted by Gasteiger charge is 2.41. The second kappa shape index (κ2) is 3.32. The lowest BCUT2D eigenvalue weighted by Gasteiger charge is -2.14. The number of hydrogen-bond donors (Lipinski definition) is 1. The molecule has 0 aliphatic heterocycles. The summed E-state index contributed by atoms with van der Waals surface area (Å²) in [6.07, 6.45) is 3.65. The fourth-order valence-corrected chi connectivity index (χ4v) is 2.40. The molecule has 1 aromatic carbocycles. The normalized spacial score (nSPS) is 17.9. The number of nitrogens with one attached hydrogen (secondary N) is 1. The highest BCUT2D eigenvalue weighted by molar-refractivity contribution is 5.81. The van der Waals surface area contributed by atoms with Crippen molar-refractivity contribution in [2.45, 2.75) is 24.8 Å². The van der Waals surface area contributed by atoms with Gasteiger partial charge in [-0.3, -0.25) is 4.68 Å². The molecule has 0 saturated heterocycles. The molecule has 0 atom stereocenters. The van der Waals surface area contributed by atoms with E-state index in [1.54, 1.807) is 0 Å². The second-order valence-corrected chi connectivity index (χ2v) is 4.79. The van der Waals surface area contributed by atoms with Gasteiger partial charge in [-0.05, 0) is 26.0 Å². The van der Waals surface area contributed by atoms with E-state index in [0.717, 1.165) is 11.9 Å². The number of aryl methyl sites for hydroxylation is 1. The number of hydrogen-bond acceptors (Lipinski definition) is 2. The van der Waals surface area contributed by atoms with E-state index in [-0.39, 0.29) is 0 Å². The first-order valence-electron chi connectivity index (χ1n) is 5.84. The number of fused-ring (bicyclic) bond motifs is 1. The van der Waals surface area contributed by atoms with E-state index in [1.165, 1.54) is 23.9 Å². The summed E-state index contributed by atoms with van der Waals surface area (Å²) in [5.74, 6) is 0. The molecule has 1 fully saturated rings. The number of benzene rings is 1. The molecule has 84 valence electrons. The maximum absolute atomic E-state index is 4.55. The van der Waals surface area contributed by atoms with Gasteiger partial charge in [-0.2, -0.15) is 5.10 Å². The van der Waals surface area contributed by atoms with Crippen molar-refractivity contribution in [3.05, 3.63) is 30.0 Å². The number of likely N-dealkylation sites (N-methyl/N-ethyl adjacent to an activating group) is 1. The lowest BCUT2D eigenvalue weighted by molar-refractivity contribution is 0.527. The van der Waals surface area contributed by atoms with Crippen LogP contribution in [0.25, 0.3) is 10.9 Å². The Labute approximate surface area is 95.5 Å². The number of rotatable bonds is 3. The van der Waals surface area contributed by atoms with Gasteiger partial charge >= 0.3 is 0 Å². The third-order valence-corrected chi connectivity index (χ3v) is 3.75. The minimum Gasteiger partial charge on any atom is -0.314 e. The van der Waals surface area contributed by atoms with Crippen LogP contribution in [0.2, 0.25) is 0 Å². The second-order valence-electron chi connectivity index (χ2n) is 4.79. The van der Waals surface area contributed by atoms with Crippen molar-refractivity contribution in [2.75, 3.05) is 7.05 Å². The van der Waals surface area contributed by atoms with Crippen LogP contribution in [0.3, 0.4) is 0 Å². The Hall–Kier alpha value is -1.35. The summed E-state index contributed by atoms with van der Waals surface area (Å²) >= 11 is 0. The zero-order chi connectivity index (χ0) is 11.2. The average molecular weight is 215 g/mol. The fraction of sp³-hybridized carbons (Fsp3) is 0.462. The zero-order valence-corrected chi connectivity index (χ0v) is 9.83. The van der Waals surface area contributed by atoms with Gasteiger partial charge in [-0.15, -0.1) is 0 Å². The molecule has 1 heterocycles. The molecule has 0 radical (unpaired) electrons. The van der Waals surface area contributed by atoms with Crippen molar-refractivity contribution in [3.8, 4) is 0 Å². The van der Waals surface area contributed by atoms with Gasteiger partial charge in [0.15, 0.2) is 0 Å². The van der Waals surface area contributed by atoms with E-state index < -0.39 is 0 Å². The molecular weight excluding hydrogens is 198 g/mol. The van der Waals surface area contributed by atoms with Crippen LogP contribution < -0.4 is 5.32 Å². The van der Waals surface area contributed by atoms with Gasteiger partial charge in [0.2, 0.25) is 0 Å². The molecule has 1 aliphatic rings. The summed E-state index contributed by atoms with van der Waals surface area (Å²) in [6, 6.07) is 8.39. The summed E-state index contributed by atoms with van der Waals surface area (Å²) in [5.41, 5.74) is 2.80. The third-order valence-electron chi connectivity index (χ3n) is 3.75. The monoisotopic (exact) mass is 215 g/mol. The van der Waals surface area contributed by atoms with Crippen molar-refractivity contribution in [2.24, 2.45) is 7.05 Å². The molecule has 1 N–H and O–H groups in total. The Balaban J connectivity index is 2.05. The van der Waals surface area contributed by atoms with Crippen molar-refractivity contribution >= 4 is 10.9 Å². The molecule has 1 aliphatic carbocycles. The topological polar surface area (TPSA) is 29.9 Å². The number of nitrogens with zero attached hydrogens (tertiary/aromatic N) is 2. The van der Waals surface area contributed by atoms with Gasteiger partial charge in [-0.25, -0.2) is 0 Å². The Morgan fingerprint density at radius 3 is 2.81 bits per heavy atom. The van der Waals surface area contributed by atoms with Crippen LogP contribution in [-0.2, 0) is 13.5 Å². The van der Waals surface area contributed by atoms with Crippen LogP contribution in [0.4, 0.5) is 0 Å². The maximum atomic E-state index is 4.55. The Kier molecular flexibility index (Phi) is 2.04. The highest BCUT2D eigenvalue weighted by atomic mass is 15.3. The van der Waals surface area contributed by atoms with Gasteiger partial charge in [-0.1, -0.05) is 18.2 Å². The highest BCUT2D eigenvalue weighted by Crippen LogP contribution is 2.39. The smallest absolute Gasteiger partial charge is 0.0926 e. The van der Waals surface area contributed by atoms with Gasteiger partial charge in [0, 0.05) is 30.1 Å². The molecule has 3 heteroatoms. The summed E-state index contributed by atoms with van der Waals surface area (Å²) < 4.78 is 2.03. The van der Waals surface area contributed by atoms with Crippen LogP contribution >= 0.6 is 0 Å². The van der Waals surface area contributed by atoms with E-state index in [4.69, 9.17) is 0 Å². The predicted molar refractivity (Wildman–Crippen MR) is 65.4 cm³/mol. The molecule has 0 amide bonds. The molecular formula is C13H17N3. The molecule has 0 spiro atoms. The van der Waals surface area contributed by atoms with E-state index in [1.807, 2.05) is 17.8 Å². The predicted octanol–water partition coefficient (Wildman–Crippen LogP) is 1.87. The Morgan fingerprint density at radius 1 is 1.38 bits per heavy atom. The van der Waals surface area contributed by atoms with Crippen molar-refractivity contribution in [1.29, 1.82) is 0 Å². The average Bonchev–Trinajstić information content (AvgIpc) is 3.01. The van der Waals surface area contributed by atoms with Crippen molar-refractivity contribution in [1.82, 2.24) is 15.1 Å². The lowest BCUT2D eigenvalue weighted by Crippen LogP contribution is -2.30. The van der Waals surface area contributed by atoms with Crippen molar-refractivity contribution < 1.29 is 0 Å². The van der Waals surface area contributed by atoms with Crippen LogP contribution in [0.1, 0.15) is 18.5 Å². The van der Waals surface area contributed by atoms with Crippen LogP contribution in [0.15, 0.2) is 24.3 Å². The first-order chi connectivity index (χ1) is 7.74. The summed E-state index contributed by atoms with van der Waals surface area (Å²) in [7, 11) is 4.10. The van der Waals surface area contributed by atoms with Gasteiger partial charge < -0.3 is 5.32 Å². The molecule has 3 nitrogen and oxygen atoms in total. The fourth-order valence-electron chi connectivity index (χ4n) is 2.40. The molecule has 2 aromatic rings. The van der Waals surface area contributed by atoms with E-state index in [0.29, 0.717) is 5.54 Å². The third kappa shape index (κ3) is 1.43. The molecule has 3 rings (SSSR count). The van der Waals surface area contributed by atoms with Gasteiger partial charge in [0.1, 0.15) is 0 Å². The van der Waals surface area contributed by atoms with E-state index in [2.05, 4.69) is 35.7 Å². The van der Waals surface area contributed by atoms with Gasteiger partial charge in [0.25, 0.3) is 0 Å². The Bertz CT molecular complexity index is 523. The molecule has 0 bridgehead atoms. The lowest BCUT2D eigenvalue weighted by atomic mass is 10.1. The SMILES string of the molecule is CNC1(Cc2c3ccccc3nn2C)CC1. The minimum absolute atomic E-state index is 0.344. The molecule has 0 unspecified atom stereocenters. The summed E-state index contributed by atoms with van der Waals surface area (Å²) in [4.78, 5) is 0. The maximum Gasteiger partial charge on any atom is 0.0926 e. The number of aromatic nitrogens is 2. The van der Waals surface area contributed by atoms with E-state index >= 15 is 0 Å². The molecule has 16 heavy (non-hydrogen) atoms. The summed E-state index contributed by atoms with van der Waals surface area (Å²) in [6.45, 7) is 0. The van der Waals surface area contributed by atoms with Crippen LogP contribution in [0, 0.1) is 0 Å². The van der Waals surface area contributed by atoms with Crippen LogP contribution in [-0.4, -0.2) is 22.4 Å². The minimum atomic E-state index is 0.344. The first-order valence-corrected chi connectivity index (χ1v) is 5.84. The standard InChI is InChI=1S/C13H17N3/c1-14-13(7-8-13)9-12-10-5-3-4-6-11(10)15-16(12)2/h3-6,14H,7-9H2,1-2H3. The van der Waals surface area contributed by atoms with Crippen LogP contribution in [0.5, 0.6) is 0 Å². The molecule has 1 aromatic heterocycles. The zero-order valence-electron chi connectivity index (χ0n) is 9.83. The first kappa shape index (κ1) is 9.85. The van der Waals surface area contributed by atoms with Gasteiger partial charge in [0.05, 0.1) is 5.52 Å². The van der Waals surface area contributed by atoms with Crippen molar-refractivity contribution in [3.63, 3.8) is 0 Å². The van der Waals surface area contributed by atoms with E-state index in [9.17, 15) is 0 Å².